The van der Waals surface area contributed by atoms with Crippen LogP contribution in [0, 0.1) is 0 Å². The SMILES string of the molecule is C=CC1CCCCS1.[O]=[Ti]=[O]. The minimum absolute atomic E-state index is 0.767. The van der Waals surface area contributed by atoms with Crippen molar-refractivity contribution in [2.45, 2.75) is 24.5 Å². The fourth-order valence-corrected chi connectivity index (χ4v) is 2.09. The Kier molecular flexibility index (Phi) is 8.81. The molecule has 1 heterocycles. The molecule has 11 heavy (non-hydrogen) atoms. The molecule has 4 heteroatoms. The average molecular weight is 208 g/mol. The van der Waals surface area contributed by atoms with Crippen molar-refractivity contribution >= 4 is 11.8 Å². The van der Waals surface area contributed by atoms with Crippen molar-refractivity contribution in [3.05, 3.63) is 12.7 Å². The van der Waals surface area contributed by atoms with Crippen LogP contribution in [0.2, 0.25) is 0 Å². The summed E-state index contributed by atoms with van der Waals surface area (Å²) >= 11 is 0.0451. The van der Waals surface area contributed by atoms with Crippen molar-refractivity contribution < 1.29 is 25.7 Å². The zero-order chi connectivity index (χ0) is 8.53. The summed E-state index contributed by atoms with van der Waals surface area (Å²) in [6.07, 6.45) is 6.25. The van der Waals surface area contributed by atoms with Gasteiger partial charge in [0.2, 0.25) is 0 Å². The summed E-state index contributed by atoms with van der Waals surface area (Å²) in [5.74, 6) is 1.34. The van der Waals surface area contributed by atoms with E-state index >= 15 is 0 Å². The Balaban J connectivity index is 0.000000292. The molecule has 0 saturated carbocycles. The molecule has 1 atom stereocenters. The summed E-state index contributed by atoms with van der Waals surface area (Å²) < 4.78 is 17.0. The van der Waals surface area contributed by atoms with Crippen LogP contribution in [-0.4, -0.2) is 11.0 Å². The van der Waals surface area contributed by atoms with Crippen LogP contribution >= 0.6 is 11.8 Å². The molecule has 0 radical (unpaired) electrons. The van der Waals surface area contributed by atoms with Crippen molar-refractivity contribution in [3.8, 4) is 0 Å². The van der Waals surface area contributed by atoms with E-state index in [0.717, 1.165) is 5.25 Å². The van der Waals surface area contributed by atoms with Crippen LogP contribution in [0.25, 0.3) is 0 Å². The number of hydrogen-bond donors (Lipinski definition) is 0. The van der Waals surface area contributed by atoms with E-state index < -0.39 is 19.1 Å². The van der Waals surface area contributed by atoms with Crippen LogP contribution in [0.15, 0.2) is 12.7 Å². The quantitative estimate of drug-likeness (QED) is 0.489. The molecule has 0 aromatic carbocycles. The van der Waals surface area contributed by atoms with Crippen molar-refractivity contribution in [1.82, 2.24) is 0 Å². The Morgan fingerprint density at radius 3 is 2.36 bits per heavy atom. The first-order valence-electron chi connectivity index (χ1n) is 3.58. The third-order valence-corrected chi connectivity index (χ3v) is 2.86. The van der Waals surface area contributed by atoms with Gasteiger partial charge in [-0.3, -0.25) is 0 Å². The number of rotatable bonds is 1. The molecule has 0 N–H and O–H groups in total. The topological polar surface area (TPSA) is 34.1 Å². The predicted octanol–water partition coefficient (Wildman–Crippen LogP) is 2.22. The van der Waals surface area contributed by atoms with Gasteiger partial charge in [0, 0.05) is 5.25 Å². The molecule has 1 aliphatic rings. The van der Waals surface area contributed by atoms with Crippen molar-refractivity contribution in [3.63, 3.8) is 0 Å². The fourth-order valence-electron chi connectivity index (χ4n) is 0.952. The monoisotopic (exact) mass is 208 g/mol. The van der Waals surface area contributed by atoms with E-state index in [9.17, 15) is 0 Å². The molecule has 1 aliphatic heterocycles. The zero-order valence-corrected chi connectivity index (χ0v) is 8.79. The van der Waals surface area contributed by atoms with Gasteiger partial charge in [-0.1, -0.05) is 12.5 Å². The summed E-state index contributed by atoms with van der Waals surface area (Å²) in [4.78, 5) is 0. The van der Waals surface area contributed by atoms with Crippen LogP contribution in [0.1, 0.15) is 19.3 Å². The van der Waals surface area contributed by atoms with Crippen LogP contribution in [0.4, 0.5) is 0 Å². The molecular weight excluding hydrogens is 196 g/mol. The van der Waals surface area contributed by atoms with Gasteiger partial charge in [-0.2, -0.15) is 11.8 Å². The van der Waals surface area contributed by atoms with E-state index in [-0.39, 0.29) is 0 Å². The molecule has 0 aliphatic carbocycles. The van der Waals surface area contributed by atoms with Gasteiger partial charge in [0.1, 0.15) is 0 Å². The second-order valence-corrected chi connectivity index (χ2v) is 3.83. The fraction of sp³-hybridized carbons (Fsp3) is 0.714. The molecule has 0 aromatic heterocycles. The predicted molar refractivity (Wildman–Crippen MR) is 41.7 cm³/mol. The van der Waals surface area contributed by atoms with E-state index in [1.807, 2.05) is 11.8 Å². The maximum atomic E-state index is 8.50. The molecule has 0 aromatic rings. The number of hydrogen-bond acceptors (Lipinski definition) is 3. The number of thioether (sulfide) groups is 1. The molecule has 2 nitrogen and oxygen atoms in total. The van der Waals surface area contributed by atoms with Gasteiger partial charge in [-0.15, -0.1) is 6.58 Å². The molecule has 1 rings (SSSR count). The Labute approximate surface area is 80.4 Å². The molecule has 1 unspecified atom stereocenters. The normalized spacial score (nSPS) is 22.4. The van der Waals surface area contributed by atoms with Crippen LogP contribution < -0.4 is 0 Å². The average Bonchev–Trinajstić information content (AvgIpc) is 2.08. The van der Waals surface area contributed by atoms with Gasteiger partial charge in [0.05, 0.1) is 0 Å². The summed E-state index contributed by atoms with van der Waals surface area (Å²) in [5, 5.41) is 0.767. The van der Waals surface area contributed by atoms with Gasteiger partial charge >= 0.3 is 25.7 Å². The Morgan fingerprint density at radius 1 is 1.45 bits per heavy atom. The summed E-state index contributed by atoms with van der Waals surface area (Å²) in [7, 11) is 0. The standard InChI is InChI=1S/C7H12S.2O.Ti/c1-2-7-5-3-4-6-8-7;;;/h2,7H,1,3-6H2;;;. The van der Waals surface area contributed by atoms with Crippen molar-refractivity contribution in [1.29, 1.82) is 0 Å². The third-order valence-electron chi connectivity index (χ3n) is 1.48. The molecule has 0 amide bonds. The maximum absolute atomic E-state index is 8.50. The molecule has 0 bridgehead atoms. The van der Waals surface area contributed by atoms with Crippen LogP contribution in [0.3, 0.4) is 0 Å². The van der Waals surface area contributed by atoms with Crippen molar-refractivity contribution in [2.75, 3.05) is 5.75 Å². The summed E-state index contributed by atoms with van der Waals surface area (Å²) in [6.45, 7) is 3.76. The first-order chi connectivity index (χ1) is 5.35. The van der Waals surface area contributed by atoms with Gasteiger partial charge in [-0.25, -0.2) is 0 Å². The minimum atomic E-state index is -2.00. The van der Waals surface area contributed by atoms with Gasteiger partial charge in [0.15, 0.2) is 0 Å². The van der Waals surface area contributed by atoms with Gasteiger partial charge < -0.3 is 0 Å². The van der Waals surface area contributed by atoms with Gasteiger partial charge in [-0.05, 0) is 18.6 Å². The Bertz CT molecular complexity index is 137. The third kappa shape index (κ3) is 6.79. The first kappa shape index (κ1) is 11.4. The molecule has 62 valence electrons. The molecule has 0 spiro atoms. The molecular formula is C7H12O2STi. The molecule has 1 fully saturated rings. The second kappa shape index (κ2) is 8.50. The van der Waals surface area contributed by atoms with E-state index in [4.69, 9.17) is 6.65 Å². The Morgan fingerprint density at radius 2 is 2.09 bits per heavy atom. The Hall–Kier alpha value is 0.404. The van der Waals surface area contributed by atoms with E-state index in [1.54, 1.807) is 0 Å². The second-order valence-electron chi connectivity index (χ2n) is 2.22. The van der Waals surface area contributed by atoms with Gasteiger partial charge in [0.25, 0.3) is 0 Å². The summed E-state index contributed by atoms with van der Waals surface area (Å²) in [6, 6.07) is 0. The van der Waals surface area contributed by atoms with E-state index in [0.29, 0.717) is 0 Å². The zero-order valence-electron chi connectivity index (χ0n) is 6.41. The molecule has 1 saturated heterocycles. The van der Waals surface area contributed by atoms with Crippen LogP contribution in [-0.2, 0) is 25.7 Å². The first-order valence-corrected chi connectivity index (χ1v) is 5.91. The van der Waals surface area contributed by atoms with E-state index in [1.165, 1.54) is 25.0 Å². The van der Waals surface area contributed by atoms with Crippen LogP contribution in [0.5, 0.6) is 0 Å². The van der Waals surface area contributed by atoms with E-state index in [2.05, 4.69) is 12.7 Å². The van der Waals surface area contributed by atoms with Crippen molar-refractivity contribution in [2.24, 2.45) is 0 Å². The summed E-state index contributed by atoms with van der Waals surface area (Å²) in [5.41, 5.74) is 0.